The van der Waals surface area contributed by atoms with Gasteiger partial charge in [0.05, 0.1) is 0 Å². The standard InChI is InChI=1S/C30H28N6O/c31-28-27-26(35-29(36(27)18-17-33-28)22-9-5-2-6-10-22)21-11-13-23(14-12-21)30(37)34-25-19-24(15-16-32-25)20-7-3-1-4-8-20/h1,3-4,7-8,11-19,22H,2,5-6,9-10H2,(H2,31,33)(H,32,34,37). The first-order valence-electron chi connectivity index (χ1n) is 12.7. The Morgan fingerprint density at radius 1 is 0.865 bits per heavy atom. The van der Waals surface area contributed by atoms with Crippen molar-refractivity contribution in [3.63, 3.8) is 0 Å². The number of fused-ring (bicyclic) bond motifs is 1. The number of nitrogens with zero attached hydrogens (tertiary/aromatic N) is 4. The number of hydrogen-bond acceptors (Lipinski definition) is 5. The second-order valence-corrected chi connectivity index (χ2v) is 9.51. The number of carbonyl (C=O) groups excluding carboxylic acids is 1. The maximum atomic E-state index is 13.0. The van der Waals surface area contributed by atoms with E-state index in [0.717, 1.165) is 46.6 Å². The molecule has 7 heteroatoms. The molecule has 0 aliphatic heterocycles. The van der Waals surface area contributed by atoms with Crippen molar-refractivity contribution in [3.8, 4) is 22.4 Å². The lowest BCUT2D eigenvalue weighted by molar-refractivity contribution is 0.102. The number of anilines is 2. The van der Waals surface area contributed by atoms with Gasteiger partial charge in [-0.3, -0.25) is 9.20 Å². The number of imidazole rings is 1. The van der Waals surface area contributed by atoms with Crippen LogP contribution in [0.4, 0.5) is 11.6 Å². The predicted molar refractivity (Wildman–Crippen MR) is 146 cm³/mol. The van der Waals surface area contributed by atoms with E-state index in [9.17, 15) is 4.79 Å². The summed E-state index contributed by atoms with van der Waals surface area (Å²) in [6.45, 7) is 0. The number of nitrogen functional groups attached to an aromatic ring is 1. The molecule has 1 aliphatic rings. The Morgan fingerprint density at radius 3 is 2.43 bits per heavy atom. The molecule has 6 rings (SSSR count). The second kappa shape index (κ2) is 9.85. The first-order chi connectivity index (χ1) is 18.2. The van der Waals surface area contributed by atoms with Crippen LogP contribution in [-0.2, 0) is 0 Å². The highest BCUT2D eigenvalue weighted by Crippen LogP contribution is 2.36. The van der Waals surface area contributed by atoms with Crippen molar-refractivity contribution < 1.29 is 4.79 Å². The number of aromatic nitrogens is 4. The van der Waals surface area contributed by atoms with E-state index in [1.165, 1.54) is 19.3 Å². The van der Waals surface area contributed by atoms with Gasteiger partial charge >= 0.3 is 0 Å². The smallest absolute Gasteiger partial charge is 0.256 e. The summed E-state index contributed by atoms with van der Waals surface area (Å²) < 4.78 is 2.10. The van der Waals surface area contributed by atoms with Crippen LogP contribution in [0.5, 0.6) is 0 Å². The highest BCUT2D eigenvalue weighted by molar-refractivity contribution is 6.04. The quantitative estimate of drug-likeness (QED) is 0.301. The first-order valence-corrected chi connectivity index (χ1v) is 12.7. The number of carbonyl (C=O) groups is 1. The summed E-state index contributed by atoms with van der Waals surface area (Å²) in [5.74, 6) is 2.21. The number of amides is 1. The summed E-state index contributed by atoms with van der Waals surface area (Å²) >= 11 is 0. The molecule has 3 N–H and O–H groups in total. The van der Waals surface area contributed by atoms with E-state index in [2.05, 4.69) is 19.7 Å². The van der Waals surface area contributed by atoms with Gasteiger partial charge in [-0.1, -0.05) is 61.7 Å². The Balaban J connectivity index is 1.27. The minimum atomic E-state index is -0.219. The van der Waals surface area contributed by atoms with Crippen molar-refractivity contribution in [2.45, 2.75) is 38.0 Å². The maximum Gasteiger partial charge on any atom is 0.256 e. The molecule has 1 amide bonds. The summed E-state index contributed by atoms with van der Waals surface area (Å²) in [4.78, 5) is 26.7. The molecule has 0 saturated heterocycles. The van der Waals surface area contributed by atoms with E-state index >= 15 is 0 Å². The van der Waals surface area contributed by atoms with Gasteiger partial charge in [0.25, 0.3) is 5.91 Å². The SMILES string of the molecule is Nc1nccn2c(C3CCCCC3)nc(-c3ccc(C(=O)Nc4cc(-c5ccccc5)ccn4)cc3)c12. The zero-order valence-corrected chi connectivity index (χ0v) is 20.5. The molecule has 5 aromatic rings. The van der Waals surface area contributed by atoms with Crippen LogP contribution >= 0.6 is 0 Å². The average molecular weight is 489 g/mol. The van der Waals surface area contributed by atoms with Crippen molar-refractivity contribution in [1.82, 2.24) is 19.4 Å². The minimum Gasteiger partial charge on any atom is -0.382 e. The van der Waals surface area contributed by atoms with Gasteiger partial charge in [-0.25, -0.2) is 15.0 Å². The fourth-order valence-corrected chi connectivity index (χ4v) is 5.21. The van der Waals surface area contributed by atoms with E-state index in [0.29, 0.717) is 23.1 Å². The van der Waals surface area contributed by atoms with Crippen LogP contribution in [0.3, 0.4) is 0 Å². The monoisotopic (exact) mass is 488 g/mol. The molecule has 1 saturated carbocycles. The second-order valence-electron chi connectivity index (χ2n) is 9.51. The van der Waals surface area contributed by atoms with Crippen molar-refractivity contribution in [1.29, 1.82) is 0 Å². The molecule has 3 aromatic heterocycles. The van der Waals surface area contributed by atoms with Crippen LogP contribution in [0.1, 0.15) is 54.2 Å². The van der Waals surface area contributed by atoms with E-state index in [1.54, 1.807) is 12.4 Å². The van der Waals surface area contributed by atoms with Crippen molar-refractivity contribution in [2.75, 3.05) is 11.1 Å². The summed E-state index contributed by atoms with van der Waals surface area (Å²) in [6, 6.07) is 21.3. The summed E-state index contributed by atoms with van der Waals surface area (Å²) in [5, 5.41) is 2.91. The van der Waals surface area contributed by atoms with Crippen LogP contribution in [0.15, 0.2) is 85.3 Å². The van der Waals surface area contributed by atoms with Crippen molar-refractivity contribution >= 4 is 23.1 Å². The van der Waals surface area contributed by atoms with Gasteiger partial charge in [-0.2, -0.15) is 0 Å². The van der Waals surface area contributed by atoms with Crippen LogP contribution in [0.2, 0.25) is 0 Å². The molecule has 184 valence electrons. The van der Waals surface area contributed by atoms with E-state index in [-0.39, 0.29) is 5.91 Å². The van der Waals surface area contributed by atoms with Crippen LogP contribution in [-0.4, -0.2) is 25.3 Å². The summed E-state index contributed by atoms with van der Waals surface area (Å²) in [7, 11) is 0. The van der Waals surface area contributed by atoms with E-state index in [4.69, 9.17) is 10.7 Å². The fraction of sp³-hybridized carbons (Fsp3) is 0.200. The highest BCUT2D eigenvalue weighted by atomic mass is 16.1. The van der Waals surface area contributed by atoms with Gasteiger partial charge in [0.2, 0.25) is 0 Å². The lowest BCUT2D eigenvalue weighted by Gasteiger charge is -2.20. The molecule has 2 aromatic carbocycles. The molecule has 7 nitrogen and oxygen atoms in total. The molecule has 0 radical (unpaired) electrons. The number of rotatable bonds is 5. The number of nitrogens with one attached hydrogen (secondary N) is 1. The van der Waals surface area contributed by atoms with Gasteiger partial charge in [-0.05, 0) is 48.2 Å². The van der Waals surface area contributed by atoms with Gasteiger partial charge in [0.1, 0.15) is 28.7 Å². The van der Waals surface area contributed by atoms with Gasteiger partial charge in [-0.15, -0.1) is 0 Å². The fourth-order valence-electron chi connectivity index (χ4n) is 5.21. The Kier molecular flexibility index (Phi) is 6.10. The Morgan fingerprint density at radius 2 is 1.65 bits per heavy atom. The molecule has 0 unspecified atom stereocenters. The number of benzene rings is 2. The molecule has 3 heterocycles. The van der Waals surface area contributed by atoms with Gasteiger partial charge in [0, 0.05) is 35.6 Å². The number of hydrogen-bond donors (Lipinski definition) is 2. The minimum absolute atomic E-state index is 0.219. The van der Waals surface area contributed by atoms with Crippen LogP contribution in [0, 0.1) is 0 Å². The lowest BCUT2D eigenvalue weighted by atomic mass is 9.89. The average Bonchev–Trinajstić information content (AvgIpc) is 3.35. The lowest BCUT2D eigenvalue weighted by Crippen LogP contribution is -2.12. The largest absolute Gasteiger partial charge is 0.382 e. The first kappa shape index (κ1) is 22.9. The molecule has 0 bridgehead atoms. The molecular weight excluding hydrogens is 460 g/mol. The number of pyridine rings is 1. The third kappa shape index (κ3) is 4.56. The third-order valence-corrected chi connectivity index (χ3v) is 7.11. The molecule has 1 fully saturated rings. The zero-order chi connectivity index (χ0) is 25.2. The number of nitrogens with two attached hydrogens (primary N) is 1. The van der Waals surface area contributed by atoms with Crippen molar-refractivity contribution in [2.24, 2.45) is 0 Å². The molecular formula is C30H28N6O. The van der Waals surface area contributed by atoms with Crippen LogP contribution in [0.25, 0.3) is 27.9 Å². The zero-order valence-electron chi connectivity index (χ0n) is 20.5. The Hall–Kier alpha value is -4.52. The normalized spacial score (nSPS) is 14.1. The molecule has 0 spiro atoms. The third-order valence-electron chi connectivity index (χ3n) is 7.11. The molecule has 0 atom stereocenters. The van der Waals surface area contributed by atoms with E-state index in [1.807, 2.05) is 72.9 Å². The molecule has 37 heavy (non-hydrogen) atoms. The van der Waals surface area contributed by atoms with Gasteiger partial charge in [0.15, 0.2) is 0 Å². The topological polar surface area (TPSA) is 98.2 Å². The maximum absolute atomic E-state index is 13.0. The Labute approximate surface area is 215 Å². The van der Waals surface area contributed by atoms with Gasteiger partial charge < -0.3 is 11.1 Å². The van der Waals surface area contributed by atoms with Crippen LogP contribution < -0.4 is 11.1 Å². The van der Waals surface area contributed by atoms with E-state index < -0.39 is 0 Å². The van der Waals surface area contributed by atoms with Crippen molar-refractivity contribution in [3.05, 3.63) is 96.7 Å². The molecule has 1 aliphatic carbocycles. The predicted octanol–water partition coefficient (Wildman–Crippen LogP) is 6.34. The Bertz CT molecular complexity index is 1550. The highest BCUT2D eigenvalue weighted by Gasteiger charge is 2.24. The summed E-state index contributed by atoms with van der Waals surface area (Å²) in [6.07, 6.45) is 11.4. The summed E-state index contributed by atoms with van der Waals surface area (Å²) in [5.41, 5.74) is 11.4.